The quantitative estimate of drug-likeness (QED) is 0.646. The van der Waals surface area contributed by atoms with E-state index in [4.69, 9.17) is 10.5 Å². The Morgan fingerprint density at radius 1 is 1.11 bits per heavy atom. The average Bonchev–Trinajstić information content (AvgIpc) is 3.32. The van der Waals surface area contributed by atoms with E-state index in [2.05, 4.69) is 22.0 Å². The van der Waals surface area contributed by atoms with E-state index in [1.54, 1.807) is 36.6 Å². The lowest BCUT2D eigenvalue weighted by Gasteiger charge is -2.31. The number of amides is 1. The van der Waals surface area contributed by atoms with Gasteiger partial charge in [-0.05, 0) is 54.5 Å². The molecular weight excluding hydrogens is 442 g/mol. The second-order valence-corrected chi connectivity index (χ2v) is 8.75. The zero-order chi connectivity index (χ0) is 24.4. The summed E-state index contributed by atoms with van der Waals surface area (Å²) in [5.41, 5.74) is 2.81. The number of fused-ring (bicyclic) bond motifs is 1. The molecule has 5 rings (SSSR count). The normalized spacial score (nSPS) is 19.3. The fourth-order valence-corrected chi connectivity index (χ4v) is 4.65. The molecule has 0 aromatic heterocycles. The van der Waals surface area contributed by atoms with Crippen molar-refractivity contribution in [2.45, 2.75) is 24.7 Å². The van der Waals surface area contributed by atoms with Crippen LogP contribution in [-0.2, 0) is 0 Å². The summed E-state index contributed by atoms with van der Waals surface area (Å²) in [7, 11) is 1.61. The molecule has 0 aliphatic carbocycles. The van der Waals surface area contributed by atoms with Crippen molar-refractivity contribution in [2.75, 3.05) is 19.6 Å². The summed E-state index contributed by atoms with van der Waals surface area (Å²) < 4.78 is 15.0. The summed E-state index contributed by atoms with van der Waals surface area (Å²) in [5.74, 6) is 2.05. The third kappa shape index (κ3) is 4.46. The molecular formula is C26H21BFN6O. The number of amidine groups is 1. The van der Waals surface area contributed by atoms with Gasteiger partial charge >= 0.3 is 0 Å². The lowest BCUT2D eigenvalue weighted by Crippen LogP contribution is -2.38. The van der Waals surface area contributed by atoms with Crippen LogP contribution in [0.3, 0.4) is 0 Å². The van der Waals surface area contributed by atoms with Crippen LogP contribution in [0.4, 0.5) is 4.39 Å². The monoisotopic (exact) mass is 463 g/mol. The van der Waals surface area contributed by atoms with Crippen molar-refractivity contribution in [1.29, 1.82) is 10.5 Å². The minimum atomic E-state index is -0.584. The van der Waals surface area contributed by atoms with Gasteiger partial charge in [0.2, 0.25) is 0 Å². The Morgan fingerprint density at radius 3 is 2.57 bits per heavy atom. The van der Waals surface area contributed by atoms with Gasteiger partial charge in [0, 0.05) is 24.9 Å². The highest BCUT2D eigenvalue weighted by molar-refractivity contribution is 6.46. The molecule has 1 amide bonds. The number of carbonyl (C=O) groups excluding carboxylic acids is 1. The van der Waals surface area contributed by atoms with E-state index in [0.717, 1.165) is 11.4 Å². The van der Waals surface area contributed by atoms with Crippen LogP contribution in [0, 0.1) is 28.4 Å². The summed E-state index contributed by atoms with van der Waals surface area (Å²) in [6, 6.07) is 14.1. The Bertz CT molecular complexity index is 1330. The van der Waals surface area contributed by atoms with E-state index in [1.807, 2.05) is 23.2 Å². The Labute approximate surface area is 203 Å². The molecule has 1 radical (unpaired) electrons. The first kappa shape index (κ1) is 22.6. The van der Waals surface area contributed by atoms with Crippen LogP contribution in [0.1, 0.15) is 45.9 Å². The maximum Gasteiger partial charge on any atom is 0.258 e. The SMILES string of the molecule is N#C[B]C1CCN(C(=O)c2ccc(C3=CN4C(=NCC4c4ccc(C#N)cc4)C=N3)cc2F)CC1. The van der Waals surface area contributed by atoms with E-state index >= 15 is 4.39 Å². The number of hydrogen-bond acceptors (Lipinski definition) is 6. The van der Waals surface area contributed by atoms with Crippen molar-refractivity contribution in [3.05, 3.63) is 76.7 Å². The standard InChI is InChI=1S/C26H21BFN6O/c28-22-11-19(5-6-21(22)26(35)33-9-7-20(8-10-33)27-16-30)23-15-34-24(13-32-25(34)14-31-23)18-3-1-17(12-29)2-4-18/h1-6,11,14-15,20,24H,7-10,13H2. The van der Waals surface area contributed by atoms with Crippen molar-refractivity contribution >= 4 is 30.9 Å². The largest absolute Gasteiger partial charge is 0.339 e. The summed E-state index contributed by atoms with van der Waals surface area (Å²) in [5, 5.41) is 17.9. The molecule has 1 unspecified atom stereocenters. The van der Waals surface area contributed by atoms with Crippen LogP contribution in [0.25, 0.3) is 5.70 Å². The fourth-order valence-electron chi connectivity index (χ4n) is 4.65. The highest BCUT2D eigenvalue weighted by Gasteiger charge is 2.30. The van der Waals surface area contributed by atoms with E-state index in [0.29, 0.717) is 49.3 Å². The van der Waals surface area contributed by atoms with E-state index < -0.39 is 5.82 Å². The Morgan fingerprint density at radius 2 is 1.89 bits per heavy atom. The third-order valence-corrected chi connectivity index (χ3v) is 6.66. The molecule has 3 aliphatic rings. The summed E-state index contributed by atoms with van der Waals surface area (Å²) in [6.07, 6.45) is 4.93. The van der Waals surface area contributed by atoms with Crippen molar-refractivity contribution in [2.24, 2.45) is 9.98 Å². The predicted molar refractivity (Wildman–Crippen MR) is 131 cm³/mol. The molecule has 0 bridgehead atoms. The third-order valence-electron chi connectivity index (χ3n) is 6.66. The van der Waals surface area contributed by atoms with Gasteiger partial charge in [0.1, 0.15) is 11.7 Å². The highest BCUT2D eigenvalue weighted by Crippen LogP contribution is 2.32. The summed E-state index contributed by atoms with van der Waals surface area (Å²) >= 11 is 0. The Balaban J connectivity index is 1.33. The van der Waals surface area contributed by atoms with Crippen molar-refractivity contribution < 1.29 is 9.18 Å². The number of piperidine rings is 1. The maximum absolute atomic E-state index is 15.0. The van der Waals surface area contributed by atoms with Crippen molar-refractivity contribution in [3.63, 3.8) is 0 Å². The number of benzene rings is 2. The maximum atomic E-state index is 15.0. The first-order valence-electron chi connectivity index (χ1n) is 11.5. The first-order chi connectivity index (χ1) is 17.1. The fraction of sp³-hybridized carbons (Fsp3) is 0.269. The van der Waals surface area contributed by atoms with Crippen LogP contribution in [-0.4, -0.2) is 54.7 Å². The van der Waals surface area contributed by atoms with Gasteiger partial charge in [0.05, 0.1) is 41.7 Å². The molecule has 9 heteroatoms. The predicted octanol–water partition coefficient (Wildman–Crippen LogP) is 3.75. The zero-order valence-corrected chi connectivity index (χ0v) is 18.9. The summed E-state index contributed by atoms with van der Waals surface area (Å²) in [6.45, 7) is 1.57. The molecule has 35 heavy (non-hydrogen) atoms. The van der Waals surface area contributed by atoms with E-state index in [9.17, 15) is 4.79 Å². The molecule has 171 valence electrons. The van der Waals surface area contributed by atoms with Gasteiger partial charge in [-0.25, -0.2) is 9.65 Å². The van der Waals surface area contributed by atoms with Crippen LogP contribution < -0.4 is 0 Å². The first-order valence-corrected chi connectivity index (χ1v) is 11.5. The van der Waals surface area contributed by atoms with Gasteiger partial charge in [-0.2, -0.15) is 5.26 Å². The van der Waals surface area contributed by atoms with Gasteiger partial charge in [0.25, 0.3) is 13.2 Å². The summed E-state index contributed by atoms with van der Waals surface area (Å²) in [4.78, 5) is 25.5. The lowest BCUT2D eigenvalue weighted by molar-refractivity contribution is 0.0720. The van der Waals surface area contributed by atoms with Gasteiger partial charge in [-0.3, -0.25) is 14.8 Å². The van der Waals surface area contributed by atoms with E-state index in [1.165, 1.54) is 12.1 Å². The average molecular weight is 463 g/mol. The minimum absolute atomic E-state index is 0.0357. The number of carbonyl (C=O) groups is 1. The highest BCUT2D eigenvalue weighted by atomic mass is 19.1. The molecule has 3 aliphatic heterocycles. The lowest BCUT2D eigenvalue weighted by atomic mass is 9.62. The van der Waals surface area contributed by atoms with Gasteiger partial charge in [-0.1, -0.05) is 18.2 Å². The van der Waals surface area contributed by atoms with Crippen LogP contribution in [0.2, 0.25) is 5.82 Å². The van der Waals surface area contributed by atoms with E-state index in [-0.39, 0.29) is 23.3 Å². The second-order valence-electron chi connectivity index (χ2n) is 8.75. The molecule has 2 aromatic carbocycles. The molecule has 1 fully saturated rings. The van der Waals surface area contributed by atoms with Crippen molar-refractivity contribution in [1.82, 2.24) is 9.80 Å². The van der Waals surface area contributed by atoms with Gasteiger partial charge in [-0.15, -0.1) is 0 Å². The molecule has 7 nitrogen and oxygen atoms in total. The minimum Gasteiger partial charge on any atom is -0.339 e. The number of nitriles is 2. The molecule has 1 saturated heterocycles. The van der Waals surface area contributed by atoms with Gasteiger partial charge < -0.3 is 9.80 Å². The smallest absolute Gasteiger partial charge is 0.258 e. The van der Waals surface area contributed by atoms with Crippen LogP contribution in [0.5, 0.6) is 0 Å². The molecule has 0 spiro atoms. The molecule has 0 saturated carbocycles. The number of hydrogen-bond donors (Lipinski definition) is 0. The molecule has 0 N–H and O–H groups in total. The number of aliphatic imine (C=N–C) groups is 2. The number of halogens is 1. The Hall–Kier alpha value is -4.24. The second kappa shape index (κ2) is 9.56. The molecule has 2 aromatic rings. The number of rotatable bonds is 4. The molecule has 1 atom stereocenters. The van der Waals surface area contributed by atoms with Crippen LogP contribution >= 0.6 is 0 Å². The topological polar surface area (TPSA) is 95.9 Å². The van der Waals surface area contributed by atoms with Crippen LogP contribution in [0.15, 0.2) is 58.6 Å². The van der Waals surface area contributed by atoms with Crippen molar-refractivity contribution in [3.8, 4) is 12.0 Å². The zero-order valence-electron chi connectivity index (χ0n) is 18.9. The number of likely N-dealkylation sites (tertiary alicyclic amines) is 1. The molecule has 3 heterocycles. The van der Waals surface area contributed by atoms with Gasteiger partial charge in [0.15, 0.2) is 0 Å². The number of nitrogens with zero attached hydrogens (tertiary/aromatic N) is 6. The Kier molecular flexibility index (Phi) is 6.16.